The Bertz CT molecular complexity index is 750. The van der Waals surface area contributed by atoms with E-state index >= 15 is 0 Å². The van der Waals surface area contributed by atoms with Gasteiger partial charge in [-0.05, 0) is 32.8 Å². The van der Waals surface area contributed by atoms with Crippen LogP contribution in [0, 0.1) is 6.92 Å². The molecular weight excluding hydrogens is 370 g/mol. The van der Waals surface area contributed by atoms with Crippen LogP contribution in [0.3, 0.4) is 0 Å². The SMILES string of the molecule is CC[C@@H](C)N(C(=O)CSc1cc(C)nc(C(C)C)n1)[C@@H]1CCS(=O)(=O)C1. The molecule has 2 heterocycles. The minimum atomic E-state index is -3.02. The van der Waals surface area contributed by atoms with Gasteiger partial charge in [-0.1, -0.05) is 32.5 Å². The second-order valence-electron chi connectivity index (χ2n) is 7.26. The van der Waals surface area contributed by atoms with Crippen molar-refractivity contribution in [1.82, 2.24) is 14.9 Å². The molecule has 0 N–H and O–H groups in total. The highest BCUT2D eigenvalue weighted by Gasteiger charge is 2.36. The lowest BCUT2D eigenvalue weighted by atomic mass is 10.1. The molecule has 0 spiro atoms. The molecule has 2 atom stereocenters. The minimum absolute atomic E-state index is 0.0196. The number of nitrogens with zero attached hydrogens (tertiary/aromatic N) is 3. The second kappa shape index (κ2) is 8.69. The lowest BCUT2D eigenvalue weighted by Gasteiger charge is -2.33. The average molecular weight is 400 g/mol. The van der Waals surface area contributed by atoms with Gasteiger partial charge in [0.2, 0.25) is 5.91 Å². The van der Waals surface area contributed by atoms with E-state index in [0.717, 1.165) is 23.0 Å². The van der Waals surface area contributed by atoms with Gasteiger partial charge in [0.1, 0.15) is 10.9 Å². The van der Waals surface area contributed by atoms with Crippen LogP contribution < -0.4 is 0 Å². The van der Waals surface area contributed by atoms with Crippen molar-refractivity contribution in [2.45, 2.75) is 70.5 Å². The molecule has 0 saturated carbocycles. The summed E-state index contributed by atoms with van der Waals surface area (Å²) in [4.78, 5) is 23.6. The number of hydrogen-bond acceptors (Lipinski definition) is 6. The van der Waals surface area contributed by atoms with E-state index in [1.807, 2.05) is 40.7 Å². The Morgan fingerprint density at radius 3 is 2.58 bits per heavy atom. The van der Waals surface area contributed by atoms with Gasteiger partial charge < -0.3 is 4.90 Å². The van der Waals surface area contributed by atoms with Crippen LogP contribution in [-0.4, -0.2) is 58.5 Å². The second-order valence-corrected chi connectivity index (χ2v) is 10.5. The Morgan fingerprint density at radius 1 is 1.35 bits per heavy atom. The first kappa shape index (κ1) is 21.2. The zero-order valence-corrected chi connectivity index (χ0v) is 17.9. The molecule has 146 valence electrons. The van der Waals surface area contributed by atoms with Crippen LogP contribution in [0.1, 0.15) is 58.0 Å². The Morgan fingerprint density at radius 2 is 2.04 bits per heavy atom. The third-order valence-corrected chi connectivity index (χ3v) is 7.31. The molecule has 2 rings (SSSR count). The lowest BCUT2D eigenvalue weighted by molar-refractivity contribution is -0.132. The third-order valence-electron chi connectivity index (χ3n) is 4.66. The number of rotatable bonds is 7. The first-order valence-electron chi connectivity index (χ1n) is 9.13. The van der Waals surface area contributed by atoms with Crippen molar-refractivity contribution < 1.29 is 13.2 Å². The normalized spacial score (nSPS) is 20.3. The van der Waals surface area contributed by atoms with Crippen molar-refractivity contribution in [2.75, 3.05) is 17.3 Å². The van der Waals surface area contributed by atoms with Gasteiger partial charge in [0.05, 0.1) is 17.3 Å². The first-order valence-corrected chi connectivity index (χ1v) is 11.9. The zero-order chi connectivity index (χ0) is 19.5. The van der Waals surface area contributed by atoms with Gasteiger partial charge >= 0.3 is 0 Å². The summed E-state index contributed by atoms with van der Waals surface area (Å²) < 4.78 is 23.7. The summed E-state index contributed by atoms with van der Waals surface area (Å²) >= 11 is 1.40. The van der Waals surface area contributed by atoms with Crippen molar-refractivity contribution in [2.24, 2.45) is 0 Å². The Balaban J connectivity index is 2.10. The van der Waals surface area contributed by atoms with Crippen LogP contribution in [-0.2, 0) is 14.6 Å². The van der Waals surface area contributed by atoms with Crippen LogP contribution >= 0.6 is 11.8 Å². The number of thioether (sulfide) groups is 1. The summed E-state index contributed by atoms with van der Waals surface area (Å²) in [7, 11) is -3.02. The first-order chi connectivity index (χ1) is 12.1. The fourth-order valence-electron chi connectivity index (χ4n) is 3.10. The molecule has 1 aromatic heterocycles. The van der Waals surface area contributed by atoms with Crippen LogP contribution in [0.4, 0.5) is 0 Å². The van der Waals surface area contributed by atoms with Crippen molar-refractivity contribution >= 4 is 27.5 Å². The number of sulfone groups is 1. The van der Waals surface area contributed by atoms with Crippen LogP contribution in [0.25, 0.3) is 0 Å². The van der Waals surface area contributed by atoms with Crippen molar-refractivity contribution in [1.29, 1.82) is 0 Å². The smallest absolute Gasteiger partial charge is 0.233 e. The maximum absolute atomic E-state index is 12.9. The monoisotopic (exact) mass is 399 g/mol. The van der Waals surface area contributed by atoms with Crippen LogP contribution in [0.5, 0.6) is 0 Å². The number of carbonyl (C=O) groups excluding carboxylic acids is 1. The summed E-state index contributed by atoms with van der Waals surface area (Å²) in [5, 5.41) is 0.790. The van der Waals surface area contributed by atoms with E-state index in [1.54, 1.807) is 4.90 Å². The molecule has 0 unspecified atom stereocenters. The fourth-order valence-corrected chi connectivity index (χ4v) is 5.65. The van der Waals surface area contributed by atoms with E-state index < -0.39 is 9.84 Å². The van der Waals surface area contributed by atoms with Crippen LogP contribution in [0.15, 0.2) is 11.1 Å². The van der Waals surface area contributed by atoms with Gasteiger partial charge in [-0.3, -0.25) is 4.79 Å². The standard InChI is InChI=1S/C18H29N3O3S2/c1-6-14(5)21(15-7-8-26(23,24)11-15)17(22)10-25-16-9-13(4)19-18(20-16)12(2)3/h9,12,14-15H,6-8,10-11H2,1-5H3/t14-,15-/m1/s1. The summed E-state index contributed by atoms with van der Waals surface area (Å²) in [6, 6.07) is 1.71. The van der Waals surface area contributed by atoms with Crippen molar-refractivity contribution in [3.8, 4) is 0 Å². The zero-order valence-electron chi connectivity index (χ0n) is 16.2. The van der Waals surface area contributed by atoms with E-state index in [0.29, 0.717) is 6.42 Å². The van der Waals surface area contributed by atoms with Crippen molar-refractivity contribution in [3.63, 3.8) is 0 Å². The molecule has 1 fully saturated rings. The van der Waals surface area contributed by atoms with E-state index in [-0.39, 0.29) is 41.2 Å². The largest absolute Gasteiger partial charge is 0.335 e. The third kappa shape index (κ3) is 5.42. The number of carbonyl (C=O) groups is 1. The Kier molecular flexibility index (Phi) is 7.07. The van der Waals surface area contributed by atoms with Crippen LogP contribution in [0.2, 0.25) is 0 Å². The topological polar surface area (TPSA) is 80.2 Å². The summed E-state index contributed by atoms with van der Waals surface area (Å²) in [5.74, 6) is 1.50. The van der Waals surface area contributed by atoms with E-state index in [4.69, 9.17) is 0 Å². The lowest BCUT2D eigenvalue weighted by Crippen LogP contribution is -2.47. The molecular formula is C18H29N3O3S2. The van der Waals surface area contributed by atoms with Gasteiger partial charge in [-0.15, -0.1) is 0 Å². The summed E-state index contributed by atoms with van der Waals surface area (Å²) in [6.07, 6.45) is 1.34. The molecule has 0 aromatic carbocycles. The average Bonchev–Trinajstić information content (AvgIpc) is 2.91. The molecule has 0 bridgehead atoms. The number of hydrogen-bond donors (Lipinski definition) is 0. The van der Waals surface area contributed by atoms with E-state index in [1.165, 1.54) is 11.8 Å². The maximum Gasteiger partial charge on any atom is 0.233 e. The molecule has 0 radical (unpaired) electrons. The molecule has 8 heteroatoms. The van der Waals surface area contributed by atoms with Gasteiger partial charge in [0.25, 0.3) is 0 Å². The molecule has 1 aromatic rings. The van der Waals surface area contributed by atoms with Gasteiger partial charge in [-0.25, -0.2) is 18.4 Å². The highest BCUT2D eigenvalue weighted by Crippen LogP contribution is 2.24. The summed E-state index contributed by atoms with van der Waals surface area (Å²) in [5.41, 5.74) is 0.888. The molecule has 6 nitrogen and oxygen atoms in total. The molecule has 1 aliphatic heterocycles. The van der Waals surface area contributed by atoms with E-state index in [9.17, 15) is 13.2 Å². The van der Waals surface area contributed by atoms with Gasteiger partial charge in [0, 0.05) is 23.7 Å². The molecule has 1 amide bonds. The molecule has 0 aliphatic carbocycles. The van der Waals surface area contributed by atoms with Gasteiger partial charge in [-0.2, -0.15) is 0 Å². The molecule has 1 aliphatic rings. The minimum Gasteiger partial charge on any atom is -0.335 e. The fraction of sp³-hybridized carbons (Fsp3) is 0.722. The van der Waals surface area contributed by atoms with E-state index in [2.05, 4.69) is 9.97 Å². The Labute approximate surface area is 161 Å². The highest BCUT2D eigenvalue weighted by molar-refractivity contribution is 7.99. The number of aryl methyl sites for hydroxylation is 1. The maximum atomic E-state index is 12.9. The predicted octanol–water partition coefficient (Wildman–Crippen LogP) is 2.81. The number of amides is 1. The predicted molar refractivity (Wildman–Crippen MR) is 105 cm³/mol. The van der Waals surface area contributed by atoms with Crippen molar-refractivity contribution in [3.05, 3.63) is 17.6 Å². The molecule has 1 saturated heterocycles. The highest BCUT2D eigenvalue weighted by atomic mass is 32.2. The quantitative estimate of drug-likeness (QED) is 0.518. The Hall–Kier alpha value is -1.15. The molecule has 26 heavy (non-hydrogen) atoms. The number of aromatic nitrogens is 2. The van der Waals surface area contributed by atoms with Gasteiger partial charge in [0.15, 0.2) is 9.84 Å². The summed E-state index contributed by atoms with van der Waals surface area (Å²) in [6.45, 7) is 10.0.